The maximum absolute atomic E-state index is 12.5. The second-order valence-electron chi connectivity index (χ2n) is 4.77. The Morgan fingerprint density at radius 2 is 2.05 bits per heavy atom. The van der Waals surface area contributed by atoms with Gasteiger partial charge in [0.05, 0.1) is 10.6 Å². The SMILES string of the molecule is CCN(C(=O)c1ccc(N)cc1Cl)C1CCCC1.Cl. The molecular weight excluding hydrogens is 283 g/mol. The van der Waals surface area contributed by atoms with E-state index in [1.807, 2.05) is 11.8 Å². The molecule has 2 N–H and O–H groups in total. The normalized spacial score (nSPS) is 15.1. The highest BCUT2D eigenvalue weighted by molar-refractivity contribution is 6.34. The van der Waals surface area contributed by atoms with Crippen LogP contribution in [0.2, 0.25) is 5.02 Å². The molecule has 1 aromatic carbocycles. The summed E-state index contributed by atoms with van der Waals surface area (Å²) in [5, 5.41) is 0.441. The van der Waals surface area contributed by atoms with Crippen LogP contribution < -0.4 is 5.73 Å². The van der Waals surface area contributed by atoms with Gasteiger partial charge in [-0.1, -0.05) is 24.4 Å². The largest absolute Gasteiger partial charge is 0.399 e. The molecule has 1 aromatic rings. The minimum Gasteiger partial charge on any atom is -0.399 e. The van der Waals surface area contributed by atoms with Gasteiger partial charge in [-0.05, 0) is 38.0 Å². The molecule has 0 bridgehead atoms. The van der Waals surface area contributed by atoms with Crippen molar-refractivity contribution in [1.82, 2.24) is 4.90 Å². The predicted octanol–water partition coefficient (Wildman–Crippen LogP) is 3.75. The van der Waals surface area contributed by atoms with Gasteiger partial charge in [0.15, 0.2) is 0 Å². The molecule has 1 fully saturated rings. The standard InChI is InChI=1S/C14H19ClN2O.ClH/c1-2-17(11-5-3-4-6-11)14(18)12-8-7-10(16)9-13(12)15;/h7-9,11H,2-6,16H2,1H3;1H. The first-order valence-corrected chi connectivity index (χ1v) is 6.87. The van der Waals surface area contributed by atoms with Gasteiger partial charge in [-0.25, -0.2) is 0 Å². The van der Waals surface area contributed by atoms with Gasteiger partial charge in [0.1, 0.15) is 0 Å². The molecule has 5 heteroatoms. The monoisotopic (exact) mass is 302 g/mol. The highest BCUT2D eigenvalue weighted by atomic mass is 35.5. The Morgan fingerprint density at radius 3 is 2.58 bits per heavy atom. The zero-order valence-electron chi connectivity index (χ0n) is 11.1. The van der Waals surface area contributed by atoms with Gasteiger partial charge in [0.2, 0.25) is 0 Å². The first kappa shape index (κ1) is 16.1. The van der Waals surface area contributed by atoms with E-state index < -0.39 is 0 Å². The highest BCUT2D eigenvalue weighted by Gasteiger charge is 2.27. The molecule has 0 atom stereocenters. The molecular formula is C14H20Cl2N2O. The summed E-state index contributed by atoms with van der Waals surface area (Å²) in [6.07, 6.45) is 4.63. The first-order valence-electron chi connectivity index (χ1n) is 6.49. The van der Waals surface area contributed by atoms with Crippen molar-refractivity contribution in [3.8, 4) is 0 Å². The molecule has 0 spiro atoms. The molecule has 0 aliphatic heterocycles. The minimum atomic E-state index is 0. The minimum absolute atomic E-state index is 0. The maximum Gasteiger partial charge on any atom is 0.255 e. The average Bonchev–Trinajstić information content (AvgIpc) is 2.83. The fraction of sp³-hybridized carbons (Fsp3) is 0.500. The number of carbonyl (C=O) groups excluding carboxylic acids is 1. The Balaban J connectivity index is 0.00000180. The van der Waals surface area contributed by atoms with E-state index in [0.29, 0.717) is 22.3 Å². The van der Waals surface area contributed by atoms with Gasteiger partial charge in [0.25, 0.3) is 5.91 Å². The van der Waals surface area contributed by atoms with Crippen LogP contribution in [0, 0.1) is 0 Å². The van der Waals surface area contributed by atoms with Gasteiger partial charge in [-0.2, -0.15) is 0 Å². The van der Waals surface area contributed by atoms with Gasteiger partial charge in [0, 0.05) is 18.3 Å². The Hall–Kier alpha value is -0.930. The molecule has 1 aliphatic rings. The third-order valence-electron chi connectivity index (χ3n) is 3.59. The van der Waals surface area contributed by atoms with E-state index in [2.05, 4.69) is 0 Å². The zero-order valence-corrected chi connectivity index (χ0v) is 12.6. The number of nitrogens with two attached hydrogens (primary N) is 1. The molecule has 0 saturated heterocycles. The number of hydrogen-bond acceptors (Lipinski definition) is 2. The Bertz CT molecular complexity index is 445. The molecule has 1 aliphatic carbocycles. The van der Waals surface area contributed by atoms with Gasteiger partial charge in [-0.15, -0.1) is 12.4 Å². The lowest BCUT2D eigenvalue weighted by molar-refractivity contribution is 0.0694. The summed E-state index contributed by atoms with van der Waals surface area (Å²) < 4.78 is 0. The maximum atomic E-state index is 12.5. The number of rotatable bonds is 3. The Kier molecular flexibility index (Phi) is 5.95. The molecule has 1 amide bonds. The van der Waals surface area contributed by atoms with Crippen molar-refractivity contribution >= 4 is 35.6 Å². The van der Waals surface area contributed by atoms with Crippen molar-refractivity contribution in [2.24, 2.45) is 0 Å². The summed E-state index contributed by atoms with van der Waals surface area (Å²) in [6, 6.07) is 5.45. The number of amides is 1. The highest BCUT2D eigenvalue weighted by Crippen LogP contribution is 2.27. The Labute approximate surface area is 125 Å². The third-order valence-corrected chi connectivity index (χ3v) is 3.90. The molecule has 2 rings (SSSR count). The van der Waals surface area contributed by atoms with E-state index in [4.69, 9.17) is 17.3 Å². The van der Waals surface area contributed by atoms with E-state index in [0.717, 1.165) is 19.4 Å². The molecule has 1 saturated carbocycles. The molecule has 0 unspecified atom stereocenters. The lowest BCUT2D eigenvalue weighted by Gasteiger charge is -2.28. The summed E-state index contributed by atoms with van der Waals surface area (Å²) in [7, 11) is 0. The lowest BCUT2D eigenvalue weighted by atomic mass is 10.1. The fourth-order valence-corrected chi connectivity index (χ4v) is 2.91. The van der Waals surface area contributed by atoms with E-state index >= 15 is 0 Å². The summed E-state index contributed by atoms with van der Waals surface area (Å²) in [6.45, 7) is 2.74. The molecule has 0 heterocycles. The number of carbonyl (C=O) groups is 1. The molecule has 0 aromatic heterocycles. The topological polar surface area (TPSA) is 46.3 Å². The van der Waals surface area contributed by atoms with Crippen molar-refractivity contribution in [1.29, 1.82) is 0 Å². The molecule has 19 heavy (non-hydrogen) atoms. The van der Waals surface area contributed by atoms with Crippen molar-refractivity contribution < 1.29 is 4.79 Å². The van der Waals surface area contributed by atoms with E-state index in [1.54, 1.807) is 18.2 Å². The second-order valence-corrected chi connectivity index (χ2v) is 5.18. The van der Waals surface area contributed by atoms with E-state index in [1.165, 1.54) is 12.8 Å². The number of anilines is 1. The third kappa shape index (κ3) is 3.54. The van der Waals surface area contributed by atoms with Crippen molar-refractivity contribution in [2.75, 3.05) is 12.3 Å². The van der Waals surface area contributed by atoms with Crippen LogP contribution in [0.5, 0.6) is 0 Å². The fourth-order valence-electron chi connectivity index (χ4n) is 2.64. The summed E-state index contributed by atoms with van der Waals surface area (Å²) >= 11 is 6.10. The van der Waals surface area contributed by atoms with Crippen LogP contribution in [0.3, 0.4) is 0 Å². The van der Waals surface area contributed by atoms with Crippen LogP contribution in [-0.2, 0) is 0 Å². The first-order chi connectivity index (χ1) is 8.63. The Morgan fingerprint density at radius 1 is 1.42 bits per heavy atom. The van der Waals surface area contributed by atoms with Crippen LogP contribution in [-0.4, -0.2) is 23.4 Å². The number of halogens is 2. The predicted molar refractivity (Wildman–Crippen MR) is 82.1 cm³/mol. The van der Waals surface area contributed by atoms with Crippen LogP contribution in [0.15, 0.2) is 18.2 Å². The number of hydrogen-bond donors (Lipinski definition) is 1. The smallest absolute Gasteiger partial charge is 0.255 e. The molecule has 0 radical (unpaired) electrons. The average molecular weight is 303 g/mol. The van der Waals surface area contributed by atoms with Crippen LogP contribution >= 0.6 is 24.0 Å². The summed E-state index contributed by atoms with van der Waals surface area (Å²) in [5.74, 6) is 0.0226. The van der Waals surface area contributed by atoms with Gasteiger partial charge in [-0.3, -0.25) is 4.79 Å². The van der Waals surface area contributed by atoms with Crippen molar-refractivity contribution in [3.05, 3.63) is 28.8 Å². The van der Waals surface area contributed by atoms with E-state index in [9.17, 15) is 4.79 Å². The van der Waals surface area contributed by atoms with Crippen molar-refractivity contribution in [2.45, 2.75) is 38.6 Å². The summed E-state index contributed by atoms with van der Waals surface area (Å²) in [5.41, 5.74) is 6.79. The van der Waals surface area contributed by atoms with Crippen LogP contribution in [0.25, 0.3) is 0 Å². The molecule has 106 valence electrons. The number of nitrogen functional groups attached to an aromatic ring is 1. The zero-order chi connectivity index (χ0) is 13.1. The van der Waals surface area contributed by atoms with Gasteiger partial charge >= 0.3 is 0 Å². The lowest BCUT2D eigenvalue weighted by Crippen LogP contribution is -2.38. The van der Waals surface area contributed by atoms with Crippen molar-refractivity contribution in [3.63, 3.8) is 0 Å². The molecule has 3 nitrogen and oxygen atoms in total. The number of nitrogens with zero attached hydrogens (tertiary/aromatic N) is 1. The summed E-state index contributed by atoms with van der Waals surface area (Å²) in [4.78, 5) is 14.4. The quantitative estimate of drug-likeness (QED) is 0.864. The van der Waals surface area contributed by atoms with Gasteiger partial charge < -0.3 is 10.6 Å². The van der Waals surface area contributed by atoms with Crippen LogP contribution in [0.1, 0.15) is 43.0 Å². The van der Waals surface area contributed by atoms with E-state index in [-0.39, 0.29) is 18.3 Å². The number of benzene rings is 1. The second kappa shape index (κ2) is 7.01. The van der Waals surface area contributed by atoms with Crippen LogP contribution in [0.4, 0.5) is 5.69 Å².